The molecule has 1 fully saturated rings. The number of rotatable bonds is 2. The van der Waals surface area contributed by atoms with Crippen LogP contribution in [0, 0.1) is 0 Å². The molecule has 8 heteroatoms. The molecule has 1 atom stereocenters. The van der Waals surface area contributed by atoms with Crippen molar-refractivity contribution in [1.29, 1.82) is 0 Å². The highest BCUT2D eigenvalue weighted by Crippen LogP contribution is 2.39. The van der Waals surface area contributed by atoms with Gasteiger partial charge in [0.25, 0.3) is 5.91 Å². The molecule has 2 aromatic carbocycles. The number of Topliss-reactive ketones (excluding diaryl/α,β-unsaturated/α-hetero) is 1. The number of carbonyl (C=O) groups is 2. The summed E-state index contributed by atoms with van der Waals surface area (Å²) in [5.41, 5.74) is 1.29. The Labute approximate surface area is 173 Å². The van der Waals surface area contributed by atoms with Crippen LogP contribution in [0.25, 0.3) is 11.4 Å². The van der Waals surface area contributed by atoms with Crippen LogP contribution < -0.4 is 4.74 Å². The van der Waals surface area contributed by atoms with Crippen molar-refractivity contribution in [2.24, 2.45) is 0 Å². The molecule has 1 N–H and O–H groups in total. The fraction of sp³-hybridized carbons (Fsp3) is 0.318. The first-order valence-corrected chi connectivity index (χ1v) is 10.1. The number of carbonyl (C=O) groups excluding carboxylic acids is 2. The average molecular weight is 403 g/mol. The molecule has 2 aliphatic heterocycles. The van der Waals surface area contributed by atoms with Gasteiger partial charge in [-0.1, -0.05) is 30.3 Å². The molecule has 3 heterocycles. The third-order valence-electron chi connectivity index (χ3n) is 5.93. The molecule has 1 unspecified atom stereocenters. The van der Waals surface area contributed by atoms with E-state index in [4.69, 9.17) is 4.74 Å². The molecule has 0 bridgehead atoms. The van der Waals surface area contributed by atoms with Crippen molar-refractivity contribution in [1.82, 2.24) is 25.5 Å². The molecule has 3 aromatic rings. The fourth-order valence-corrected chi connectivity index (χ4v) is 4.40. The van der Waals surface area contributed by atoms with Gasteiger partial charge in [0.15, 0.2) is 5.78 Å². The van der Waals surface area contributed by atoms with Crippen LogP contribution in [-0.4, -0.2) is 55.9 Å². The van der Waals surface area contributed by atoms with E-state index < -0.39 is 5.60 Å². The van der Waals surface area contributed by atoms with Crippen molar-refractivity contribution in [3.05, 3.63) is 59.7 Å². The van der Waals surface area contributed by atoms with Gasteiger partial charge in [-0.2, -0.15) is 5.21 Å². The van der Waals surface area contributed by atoms with Gasteiger partial charge in [0, 0.05) is 25.1 Å². The minimum atomic E-state index is -0.548. The number of hydrogen-bond donors (Lipinski definition) is 1. The number of para-hydroxylation sites is 1. The molecule has 0 radical (unpaired) electrons. The van der Waals surface area contributed by atoms with Crippen molar-refractivity contribution in [2.45, 2.75) is 31.3 Å². The van der Waals surface area contributed by atoms with Gasteiger partial charge in [0.1, 0.15) is 11.4 Å². The predicted molar refractivity (Wildman–Crippen MR) is 108 cm³/mol. The normalized spacial score (nSPS) is 21.1. The van der Waals surface area contributed by atoms with E-state index in [-0.39, 0.29) is 11.7 Å². The van der Waals surface area contributed by atoms with Gasteiger partial charge in [-0.05, 0) is 36.3 Å². The standard InChI is InChI=1S/C22H21N5O3/c28-18-14-22(30-19-9-4-3-8-17(18)19)10-5-12-27(13-11-22)21(29)16-7-2-1-6-15(16)20-23-25-26-24-20/h1-4,6-9H,5,10-14H2,(H,23,24,25,26). The largest absolute Gasteiger partial charge is 0.486 e. The second-order valence-corrected chi connectivity index (χ2v) is 7.81. The Morgan fingerprint density at radius 2 is 1.83 bits per heavy atom. The Kier molecular flexibility index (Phi) is 4.54. The maximum Gasteiger partial charge on any atom is 0.254 e. The van der Waals surface area contributed by atoms with Gasteiger partial charge in [-0.25, -0.2) is 0 Å². The van der Waals surface area contributed by atoms with Crippen LogP contribution in [0.2, 0.25) is 0 Å². The van der Waals surface area contributed by atoms with Crippen molar-refractivity contribution in [3.8, 4) is 17.1 Å². The van der Waals surface area contributed by atoms with E-state index in [1.54, 1.807) is 6.07 Å². The van der Waals surface area contributed by atoms with Gasteiger partial charge in [-0.3, -0.25) is 9.59 Å². The summed E-state index contributed by atoms with van der Waals surface area (Å²) >= 11 is 0. The first-order valence-electron chi connectivity index (χ1n) is 10.1. The molecule has 1 amide bonds. The number of fused-ring (bicyclic) bond motifs is 1. The van der Waals surface area contributed by atoms with Crippen molar-refractivity contribution in [3.63, 3.8) is 0 Å². The summed E-state index contributed by atoms with van der Waals surface area (Å²) in [7, 11) is 0. The molecule has 0 saturated carbocycles. The van der Waals surface area contributed by atoms with Crippen LogP contribution >= 0.6 is 0 Å². The molecular formula is C22H21N5O3. The zero-order valence-corrected chi connectivity index (χ0v) is 16.4. The van der Waals surface area contributed by atoms with E-state index in [2.05, 4.69) is 20.6 Å². The lowest BCUT2D eigenvalue weighted by atomic mass is 9.84. The number of tetrazole rings is 1. The Morgan fingerprint density at radius 1 is 1.03 bits per heavy atom. The number of benzene rings is 2. The van der Waals surface area contributed by atoms with Gasteiger partial charge in [0.05, 0.1) is 17.5 Å². The maximum atomic E-state index is 13.3. The summed E-state index contributed by atoms with van der Waals surface area (Å²) in [6.45, 7) is 1.13. The molecular weight excluding hydrogens is 382 g/mol. The van der Waals surface area contributed by atoms with E-state index >= 15 is 0 Å². The van der Waals surface area contributed by atoms with Crippen LogP contribution in [0.3, 0.4) is 0 Å². The monoisotopic (exact) mass is 403 g/mol. The Morgan fingerprint density at radius 3 is 2.67 bits per heavy atom. The minimum absolute atomic E-state index is 0.0741. The molecule has 5 rings (SSSR count). The molecule has 2 aliphatic rings. The number of hydrogen-bond acceptors (Lipinski definition) is 6. The summed E-state index contributed by atoms with van der Waals surface area (Å²) < 4.78 is 6.34. The van der Waals surface area contributed by atoms with E-state index in [1.807, 2.05) is 47.4 Å². The fourth-order valence-electron chi connectivity index (χ4n) is 4.40. The molecule has 8 nitrogen and oxygen atoms in total. The van der Waals surface area contributed by atoms with Gasteiger partial charge < -0.3 is 9.64 Å². The topological polar surface area (TPSA) is 101 Å². The number of aromatic amines is 1. The average Bonchev–Trinajstić information content (AvgIpc) is 3.23. The molecule has 1 aromatic heterocycles. The first-order chi connectivity index (χ1) is 14.7. The summed E-state index contributed by atoms with van der Waals surface area (Å²) in [5, 5.41) is 14.1. The lowest BCUT2D eigenvalue weighted by Crippen LogP contribution is -2.43. The number of nitrogens with one attached hydrogen (secondary N) is 1. The number of aromatic nitrogens is 4. The number of likely N-dealkylation sites (tertiary alicyclic amines) is 1. The highest BCUT2D eigenvalue weighted by atomic mass is 16.5. The lowest BCUT2D eigenvalue weighted by Gasteiger charge is -2.37. The molecule has 1 saturated heterocycles. The van der Waals surface area contributed by atoms with Gasteiger partial charge in [0.2, 0.25) is 5.82 Å². The van der Waals surface area contributed by atoms with Gasteiger partial charge >= 0.3 is 0 Å². The van der Waals surface area contributed by atoms with Crippen molar-refractivity contribution in [2.75, 3.05) is 13.1 Å². The molecule has 152 valence electrons. The maximum absolute atomic E-state index is 13.3. The minimum Gasteiger partial charge on any atom is -0.486 e. The zero-order chi connectivity index (χ0) is 20.6. The highest BCUT2D eigenvalue weighted by Gasteiger charge is 2.42. The van der Waals surface area contributed by atoms with E-state index in [9.17, 15) is 9.59 Å². The molecule has 1 spiro atoms. The lowest BCUT2D eigenvalue weighted by molar-refractivity contribution is 0.0300. The summed E-state index contributed by atoms with van der Waals surface area (Å²) in [6.07, 6.45) is 2.48. The molecule has 0 aliphatic carbocycles. The number of ether oxygens (including phenoxy) is 1. The van der Waals surface area contributed by atoms with Crippen LogP contribution in [-0.2, 0) is 0 Å². The number of amides is 1. The third kappa shape index (κ3) is 3.24. The summed E-state index contributed by atoms with van der Waals surface area (Å²) in [4.78, 5) is 27.9. The second kappa shape index (κ2) is 7.37. The zero-order valence-electron chi connectivity index (χ0n) is 16.4. The van der Waals surface area contributed by atoms with Crippen LogP contribution in [0.5, 0.6) is 5.75 Å². The number of nitrogens with zero attached hydrogens (tertiary/aromatic N) is 4. The van der Waals surface area contributed by atoms with Crippen molar-refractivity contribution < 1.29 is 14.3 Å². The van der Waals surface area contributed by atoms with E-state index in [0.29, 0.717) is 54.2 Å². The predicted octanol–water partition coefficient (Wildman–Crippen LogP) is 2.90. The Balaban J connectivity index is 1.37. The Bertz CT molecular complexity index is 1100. The van der Waals surface area contributed by atoms with Crippen LogP contribution in [0.15, 0.2) is 48.5 Å². The van der Waals surface area contributed by atoms with E-state index in [1.165, 1.54) is 0 Å². The van der Waals surface area contributed by atoms with Gasteiger partial charge in [-0.15, -0.1) is 10.2 Å². The Hall–Kier alpha value is -3.55. The SMILES string of the molecule is O=C1CC2(CCCN(C(=O)c3ccccc3-c3nn[nH]n3)CC2)Oc2ccccc21. The number of H-pyrrole nitrogens is 1. The second-order valence-electron chi connectivity index (χ2n) is 7.81. The van der Waals surface area contributed by atoms with Crippen LogP contribution in [0.4, 0.5) is 0 Å². The quantitative estimate of drug-likeness (QED) is 0.706. The number of ketones is 1. The first kappa shape index (κ1) is 18.5. The summed E-state index contributed by atoms with van der Waals surface area (Å²) in [5.74, 6) is 1.08. The molecule has 30 heavy (non-hydrogen) atoms. The highest BCUT2D eigenvalue weighted by molar-refractivity contribution is 6.01. The smallest absolute Gasteiger partial charge is 0.254 e. The van der Waals surface area contributed by atoms with Crippen molar-refractivity contribution >= 4 is 11.7 Å². The van der Waals surface area contributed by atoms with E-state index in [0.717, 1.165) is 12.8 Å². The van der Waals surface area contributed by atoms with Crippen LogP contribution in [0.1, 0.15) is 46.4 Å². The third-order valence-corrected chi connectivity index (χ3v) is 5.93. The summed E-state index contributed by atoms with van der Waals surface area (Å²) in [6, 6.07) is 14.7.